The molecule has 2 saturated carbocycles. The molecular formula is C13H22ClNO. The second-order valence-corrected chi connectivity index (χ2v) is 5.89. The summed E-state index contributed by atoms with van der Waals surface area (Å²) in [4.78, 5) is 11.8. The summed E-state index contributed by atoms with van der Waals surface area (Å²) >= 11 is 6.23. The van der Waals surface area contributed by atoms with E-state index in [0.29, 0.717) is 5.92 Å². The summed E-state index contributed by atoms with van der Waals surface area (Å²) in [5.41, 5.74) is 0. The Kier molecular flexibility index (Phi) is 4.51. The molecule has 2 aliphatic rings. The Balaban J connectivity index is 1.72. The maximum Gasteiger partial charge on any atom is 0.220 e. The summed E-state index contributed by atoms with van der Waals surface area (Å²) in [6.07, 6.45) is 10.3. The summed E-state index contributed by atoms with van der Waals surface area (Å²) in [5.74, 6) is 0.863. The van der Waals surface area contributed by atoms with Gasteiger partial charge < -0.3 is 5.32 Å². The van der Waals surface area contributed by atoms with Crippen LogP contribution in [0.25, 0.3) is 0 Å². The van der Waals surface area contributed by atoms with Crippen LogP contribution in [-0.4, -0.2) is 17.3 Å². The van der Waals surface area contributed by atoms with E-state index in [1.807, 2.05) is 0 Å². The molecule has 0 radical (unpaired) electrons. The Hall–Kier alpha value is -0.240. The molecule has 0 aromatic heterocycles. The van der Waals surface area contributed by atoms with Crippen molar-refractivity contribution in [2.45, 2.75) is 69.2 Å². The first-order valence-electron chi connectivity index (χ1n) is 6.69. The van der Waals surface area contributed by atoms with Gasteiger partial charge in [-0.25, -0.2) is 0 Å². The lowest BCUT2D eigenvalue weighted by Crippen LogP contribution is -2.43. The van der Waals surface area contributed by atoms with Gasteiger partial charge >= 0.3 is 0 Å². The second kappa shape index (κ2) is 5.90. The van der Waals surface area contributed by atoms with Crippen molar-refractivity contribution in [3.8, 4) is 0 Å². The minimum atomic E-state index is 0.154. The zero-order valence-corrected chi connectivity index (χ0v) is 10.6. The zero-order valence-electron chi connectivity index (χ0n) is 9.88. The van der Waals surface area contributed by atoms with E-state index in [4.69, 9.17) is 11.6 Å². The van der Waals surface area contributed by atoms with E-state index in [-0.39, 0.29) is 17.3 Å². The molecule has 0 spiro atoms. The SMILES string of the molecule is O=C(CC1CCCC1)NC1CCCCC1Cl. The molecule has 0 heterocycles. The predicted molar refractivity (Wildman–Crippen MR) is 66.6 cm³/mol. The molecule has 1 amide bonds. The lowest BCUT2D eigenvalue weighted by molar-refractivity contribution is -0.122. The van der Waals surface area contributed by atoms with Gasteiger partial charge in [-0.3, -0.25) is 4.79 Å². The maximum atomic E-state index is 11.8. The molecule has 0 saturated heterocycles. The van der Waals surface area contributed by atoms with Gasteiger partial charge in [0.1, 0.15) is 0 Å². The number of hydrogen-bond acceptors (Lipinski definition) is 1. The third kappa shape index (κ3) is 3.38. The highest BCUT2D eigenvalue weighted by molar-refractivity contribution is 6.21. The van der Waals surface area contributed by atoms with Crippen molar-refractivity contribution in [3.05, 3.63) is 0 Å². The predicted octanol–water partition coefficient (Wildman–Crippen LogP) is 3.23. The number of nitrogens with one attached hydrogen (secondary N) is 1. The third-order valence-corrected chi connectivity index (χ3v) is 4.50. The number of rotatable bonds is 3. The Labute approximate surface area is 103 Å². The monoisotopic (exact) mass is 243 g/mol. The molecule has 0 aromatic rings. The van der Waals surface area contributed by atoms with Crippen molar-refractivity contribution in [1.29, 1.82) is 0 Å². The molecule has 92 valence electrons. The fraction of sp³-hybridized carbons (Fsp3) is 0.923. The molecule has 16 heavy (non-hydrogen) atoms. The summed E-state index contributed by atoms with van der Waals surface area (Å²) in [6.45, 7) is 0. The van der Waals surface area contributed by atoms with Crippen LogP contribution >= 0.6 is 11.6 Å². The number of carbonyl (C=O) groups is 1. The quantitative estimate of drug-likeness (QED) is 0.758. The Morgan fingerprint density at radius 1 is 1.06 bits per heavy atom. The highest BCUT2D eigenvalue weighted by Crippen LogP contribution is 2.28. The van der Waals surface area contributed by atoms with Crippen molar-refractivity contribution >= 4 is 17.5 Å². The van der Waals surface area contributed by atoms with Crippen LogP contribution in [0.1, 0.15) is 57.8 Å². The third-order valence-electron chi connectivity index (χ3n) is 3.98. The minimum absolute atomic E-state index is 0.154. The molecule has 0 bridgehead atoms. The van der Waals surface area contributed by atoms with E-state index >= 15 is 0 Å². The summed E-state index contributed by atoms with van der Waals surface area (Å²) < 4.78 is 0. The second-order valence-electron chi connectivity index (χ2n) is 5.33. The van der Waals surface area contributed by atoms with Gasteiger partial charge in [-0.2, -0.15) is 0 Å². The normalized spacial score (nSPS) is 31.6. The zero-order chi connectivity index (χ0) is 11.4. The van der Waals surface area contributed by atoms with Gasteiger partial charge in [0, 0.05) is 12.5 Å². The van der Waals surface area contributed by atoms with Crippen molar-refractivity contribution in [2.75, 3.05) is 0 Å². The van der Waals surface area contributed by atoms with Crippen LogP contribution < -0.4 is 5.32 Å². The molecule has 2 atom stereocenters. The van der Waals surface area contributed by atoms with E-state index in [2.05, 4.69) is 5.32 Å². The van der Waals surface area contributed by atoms with E-state index < -0.39 is 0 Å². The number of carbonyl (C=O) groups excluding carboxylic acids is 1. The van der Waals surface area contributed by atoms with Crippen molar-refractivity contribution in [3.63, 3.8) is 0 Å². The van der Waals surface area contributed by atoms with Gasteiger partial charge in [0.15, 0.2) is 0 Å². The fourth-order valence-corrected chi connectivity index (χ4v) is 3.33. The van der Waals surface area contributed by atoms with E-state index in [0.717, 1.165) is 19.3 Å². The summed E-state index contributed by atoms with van der Waals surface area (Å²) in [7, 11) is 0. The van der Waals surface area contributed by atoms with Crippen LogP contribution in [0.4, 0.5) is 0 Å². The number of halogens is 1. The van der Waals surface area contributed by atoms with Crippen LogP contribution in [0, 0.1) is 5.92 Å². The van der Waals surface area contributed by atoms with Crippen LogP contribution in [0.2, 0.25) is 0 Å². The van der Waals surface area contributed by atoms with Crippen LogP contribution in [0.15, 0.2) is 0 Å². The topological polar surface area (TPSA) is 29.1 Å². The molecule has 2 unspecified atom stereocenters. The average molecular weight is 244 g/mol. The first-order valence-corrected chi connectivity index (χ1v) is 7.13. The summed E-state index contributed by atoms with van der Waals surface area (Å²) in [5, 5.41) is 3.28. The smallest absolute Gasteiger partial charge is 0.220 e. The molecule has 1 N–H and O–H groups in total. The molecule has 2 nitrogen and oxygen atoms in total. The van der Waals surface area contributed by atoms with Gasteiger partial charge in [-0.05, 0) is 31.6 Å². The van der Waals surface area contributed by atoms with Gasteiger partial charge in [-0.15, -0.1) is 11.6 Å². The molecule has 2 aliphatic carbocycles. The standard InChI is InChI=1S/C13H22ClNO/c14-11-7-3-4-8-12(11)15-13(16)9-10-5-1-2-6-10/h10-12H,1-9H2,(H,15,16). The van der Waals surface area contributed by atoms with Gasteiger partial charge in [0.05, 0.1) is 5.38 Å². The fourth-order valence-electron chi connectivity index (χ4n) is 2.99. The van der Waals surface area contributed by atoms with E-state index in [9.17, 15) is 4.79 Å². The van der Waals surface area contributed by atoms with Crippen molar-refractivity contribution in [2.24, 2.45) is 5.92 Å². The lowest BCUT2D eigenvalue weighted by atomic mass is 9.94. The Morgan fingerprint density at radius 3 is 2.38 bits per heavy atom. The molecule has 3 heteroatoms. The molecular weight excluding hydrogens is 222 g/mol. The molecule has 0 aliphatic heterocycles. The maximum absolute atomic E-state index is 11.8. The average Bonchev–Trinajstić information content (AvgIpc) is 2.74. The first-order chi connectivity index (χ1) is 7.75. The summed E-state index contributed by atoms with van der Waals surface area (Å²) in [6, 6.07) is 0.226. The van der Waals surface area contributed by atoms with Crippen LogP contribution in [0.5, 0.6) is 0 Å². The molecule has 2 rings (SSSR count). The number of alkyl halides is 1. The minimum Gasteiger partial charge on any atom is -0.352 e. The number of amides is 1. The highest BCUT2D eigenvalue weighted by Gasteiger charge is 2.26. The van der Waals surface area contributed by atoms with Gasteiger partial charge in [-0.1, -0.05) is 25.7 Å². The van der Waals surface area contributed by atoms with Crippen molar-refractivity contribution in [1.82, 2.24) is 5.32 Å². The molecule has 0 aromatic carbocycles. The lowest BCUT2D eigenvalue weighted by Gasteiger charge is -2.28. The molecule has 2 fully saturated rings. The van der Waals surface area contributed by atoms with Crippen molar-refractivity contribution < 1.29 is 4.79 Å². The highest BCUT2D eigenvalue weighted by atomic mass is 35.5. The largest absolute Gasteiger partial charge is 0.352 e. The van der Waals surface area contributed by atoms with E-state index in [1.165, 1.54) is 38.5 Å². The van der Waals surface area contributed by atoms with Gasteiger partial charge in [0.2, 0.25) is 5.91 Å². The Bertz CT molecular complexity index is 238. The number of hydrogen-bond donors (Lipinski definition) is 1. The van der Waals surface area contributed by atoms with Gasteiger partial charge in [0.25, 0.3) is 0 Å². The Morgan fingerprint density at radius 2 is 1.69 bits per heavy atom. The van der Waals surface area contributed by atoms with Crippen LogP contribution in [-0.2, 0) is 4.79 Å². The first kappa shape index (κ1) is 12.2. The van der Waals surface area contributed by atoms with Crippen LogP contribution in [0.3, 0.4) is 0 Å². The van der Waals surface area contributed by atoms with E-state index in [1.54, 1.807) is 0 Å².